The van der Waals surface area contributed by atoms with Crippen LogP contribution in [0.2, 0.25) is 0 Å². The molecule has 0 aliphatic carbocycles. The summed E-state index contributed by atoms with van der Waals surface area (Å²) in [4.78, 5) is 27.5. The van der Waals surface area contributed by atoms with Gasteiger partial charge in [0.1, 0.15) is 6.04 Å². The van der Waals surface area contributed by atoms with Crippen LogP contribution in [0.3, 0.4) is 0 Å². The first-order chi connectivity index (χ1) is 10.4. The van der Waals surface area contributed by atoms with E-state index in [2.05, 4.69) is 15.0 Å². The highest BCUT2D eigenvalue weighted by Crippen LogP contribution is 2.03. The number of nitrogens with zero attached hydrogens (tertiary/aromatic N) is 1. The monoisotopic (exact) mass is 316 g/mol. The maximum Gasteiger partial charge on any atom is 0.328 e. The second-order valence-electron chi connectivity index (χ2n) is 4.92. The van der Waals surface area contributed by atoms with Crippen molar-refractivity contribution >= 4 is 17.8 Å². The van der Waals surface area contributed by atoms with Crippen LogP contribution in [0.1, 0.15) is 32.1 Å². The van der Waals surface area contributed by atoms with Crippen molar-refractivity contribution < 1.29 is 14.3 Å². The Kier molecular flexibility index (Phi) is 10.8. The van der Waals surface area contributed by atoms with E-state index in [0.717, 1.165) is 12.8 Å². The van der Waals surface area contributed by atoms with E-state index >= 15 is 0 Å². The fraction of sp³-hybridized carbons (Fsp3) is 0.769. The number of hydrogen-bond acceptors (Lipinski definition) is 6. The third-order valence-corrected chi connectivity index (χ3v) is 3.05. The molecule has 9 nitrogen and oxygen atoms in total. The van der Waals surface area contributed by atoms with E-state index in [0.29, 0.717) is 32.4 Å². The normalized spacial score (nSPS) is 13.0. The fourth-order valence-corrected chi connectivity index (χ4v) is 1.81. The summed E-state index contributed by atoms with van der Waals surface area (Å²) in [5.74, 6) is -0.915. The molecule has 0 rings (SSSR count). The van der Waals surface area contributed by atoms with Crippen LogP contribution in [0.25, 0.3) is 0 Å². The Bertz CT molecular complexity index is 371. The highest BCUT2D eigenvalue weighted by molar-refractivity contribution is 5.87. The summed E-state index contributed by atoms with van der Waals surface area (Å²) < 4.78 is 4.67. The summed E-state index contributed by atoms with van der Waals surface area (Å²) in [6.45, 7) is 0.929. The van der Waals surface area contributed by atoms with Gasteiger partial charge in [-0.3, -0.25) is 9.79 Å². The lowest BCUT2D eigenvalue weighted by Gasteiger charge is -2.19. The minimum absolute atomic E-state index is 0.0134. The molecule has 0 fully saturated rings. The van der Waals surface area contributed by atoms with Crippen molar-refractivity contribution in [2.24, 2.45) is 27.9 Å². The van der Waals surface area contributed by atoms with Gasteiger partial charge >= 0.3 is 5.97 Å². The smallest absolute Gasteiger partial charge is 0.328 e. The van der Waals surface area contributed by atoms with Crippen LogP contribution in [0, 0.1) is 0 Å². The Labute approximate surface area is 130 Å². The minimum atomic E-state index is -0.757. The number of methoxy groups -OCH3 is 1. The molecule has 0 aromatic rings. The van der Waals surface area contributed by atoms with E-state index < -0.39 is 18.1 Å². The number of rotatable bonds is 11. The molecule has 9 heteroatoms. The molecule has 0 saturated carbocycles. The van der Waals surface area contributed by atoms with Crippen molar-refractivity contribution in [1.29, 1.82) is 0 Å². The summed E-state index contributed by atoms with van der Waals surface area (Å²) in [6, 6.07) is -1.43. The molecule has 0 aliphatic rings. The number of guanidine groups is 1. The zero-order valence-corrected chi connectivity index (χ0v) is 13.1. The molecule has 0 saturated heterocycles. The Hall–Kier alpha value is -1.87. The number of nitrogens with one attached hydrogen (secondary N) is 1. The minimum Gasteiger partial charge on any atom is -0.467 e. The van der Waals surface area contributed by atoms with E-state index in [4.69, 9.17) is 22.9 Å². The summed E-state index contributed by atoms with van der Waals surface area (Å²) in [5, 5.41) is 2.60. The van der Waals surface area contributed by atoms with Crippen LogP contribution < -0.4 is 28.3 Å². The Morgan fingerprint density at radius 2 is 1.86 bits per heavy atom. The van der Waals surface area contributed by atoms with E-state index in [1.807, 2.05) is 0 Å². The van der Waals surface area contributed by atoms with Gasteiger partial charge in [-0.2, -0.15) is 0 Å². The zero-order chi connectivity index (χ0) is 17.0. The van der Waals surface area contributed by atoms with Crippen LogP contribution in [0.15, 0.2) is 4.99 Å². The molecule has 0 bridgehead atoms. The first-order valence-corrected chi connectivity index (χ1v) is 7.31. The van der Waals surface area contributed by atoms with Gasteiger partial charge in [-0.25, -0.2) is 4.79 Å². The summed E-state index contributed by atoms with van der Waals surface area (Å²) >= 11 is 0. The summed E-state index contributed by atoms with van der Waals surface area (Å²) in [6.07, 6.45) is 2.98. The highest BCUT2D eigenvalue weighted by Gasteiger charge is 2.23. The molecule has 0 aromatic carbocycles. The standard InChI is InChI=1S/C13H28N6O3/c1-22-12(21)10(6-4-8-18-13(16)17)19-11(20)9(15)5-2-3-7-14/h9-10H,2-8,14-15H2,1H3,(H,19,20)(H4,16,17,18)/t9-,10+/m1/s1. The number of nitrogens with two attached hydrogens (primary N) is 4. The van der Waals surface area contributed by atoms with Crippen LogP contribution in [-0.2, 0) is 14.3 Å². The lowest BCUT2D eigenvalue weighted by Crippen LogP contribution is -2.48. The summed E-state index contributed by atoms with van der Waals surface area (Å²) in [5.41, 5.74) is 21.6. The average Bonchev–Trinajstić information content (AvgIpc) is 2.49. The van der Waals surface area contributed by atoms with Crippen LogP contribution in [0.5, 0.6) is 0 Å². The second kappa shape index (κ2) is 11.8. The SMILES string of the molecule is COC(=O)[C@H](CCCN=C(N)N)NC(=O)[C@H](N)CCCCN. The summed E-state index contributed by atoms with van der Waals surface area (Å²) in [7, 11) is 1.26. The van der Waals surface area contributed by atoms with E-state index in [-0.39, 0.29) is 11.9 Å². The second-order valence-corrected chi connectivity index (χ2v) is 4.92. The highest BCUT2D eigenvalue weighted by atomic mass is 16.5. The molecule has 0 aromatic heterocycles. The molecule has 9 N–H and O–H groups in total. The number of amides is 1. The maximum absolute atomic E-state index is 12.0. The van der Waals surface area contributed by atoms with Gasteiger partial charge in [-0.05, 0) is 32.2 Å². The van der Waals surface area contributed by atoms with E-state index in [9.17, 15) is 9.59 Å². The van der Waals surface area contributed by atoms with Gasteiger partial charge in [0.2, 0.25) is 5.91 Å². The molecule has 0 unspecified atom stereocenters. The van der Waals surface area contributed by atoms with Gasteiger partial charge in [-0.15, -0.1) is 0 Å². The lowest BCUT2D eigenvalue weighted by atomic mass is 10.1. The molecule has 22 heavy (non-hydrogen) atoms. The van der Waals surface area contributed by atoms with Gasteiger partial charge in [0, 0.05) is 6.54 Å². The first kappa shape index (κ1) is 20.1. The molecular weight excluding hydrogens is 288 g/mol. The lowest BCUT2D eigenvalue weighted by molar-refractivity contribution is -0.145. The van der Waals surface area contributed by atoms with Crippen molar-refractivity contribution in [2.45, 2.75) is 44.2 Å². The number of esters is 1. The predicted molar refractivity (Wildman–Crippen MR) is 84.7 cm³/mol. The number of carbonyl (C=O) groups excluding carboxylic acids is 2. The molecule has 0 aliphatic heterocycles. The number of ether oxygens (including phenoxy) is 1. The average molecular weight is 316 g/mol. The van der Waals surface area contributed by atoms with Crippen molar-refractivity contribution in [2.75, 3.05) is 20.2 Å². The van der Waals surface area contributed by atoms with Crippen molar-refractivity contribution in [1.82, 2.24) is 5.32 Å². The Morgan fingerprint density at radius 3 is 2.41 bits per heavy atom. The quantitative estimate of drug-likeness (QED) is 0.129. The molecule has 1 amide bonds. The maximum atomic E-state index is 12.0. The van der Waals surface area contributed by atoms with Crippen LogP contribution in [0.4, 0.5) is 0 Å². The number of carbonyl (C=O) groups is 2. The third-order valence-electron chi connectivity index (χ3n) is 3.05. The van der Waals surface area contributed by atoms with E-state index in [1.54, 1.807) is 0 Å². The third kappa shape index (κ3) is 9.14. The zero-order valence-electron chi connectivity index (χ0n) is 13.1. The molecule has 2 atom stereocenters. The number of unbranched alkanes of at least 4 members (excludes halogenated alkanes) is 1. The number of hydrogen-bond donors (Lipinski definition) is 5. The van der Waals surface area contributed by atoms with Gasteiger partial charge in [-0.1, -0.05) is 6.42 Å². The van der Waals surface area contributed by atoms with Crippen molar-refractivity contribution in [3.8, 4) is 0 Å². The molecular formula is C13H28N6O3. The number of aliphatic imine (C=N–C) groups is 1. The molecule has 0 heterocycles. The van der Waals surface area contributed by atoms with Gasteiger partial charge in [0.05, 0.1) is 13.2 Å². The van der Waals surface area contributed by atoms with Crippen LogP contribution >= 0.6 is 0 Å². The first-order valence-electron chi connectivity index (χ1n) is 7.31. The molecule has 0 radical (unpaired) electrons. The van der Waals surface area contributed by atoms with Gasteiger partial charge in [0.15, 0.2) is 5.96 Å². The Balaban J connectivity index is 4.35. The van der Waals surface area contributed by atoms with Crippen LogP contribution in [-0.4, -0.2) is 50.1 Å². The molecule has 0 spiro atoms. The van der Waals surface area contributed by atoms with Crippen molar-refractivity contribution in [3.05, 3.63) is 0 Å². The van der Waals surface area contributed by atoms with Gasteiger partial charge < -0.3 is 33.0 Å². The van der Waals surface area contributed by atoms with Crippen molar-refractivity contribution in [3.63, 3.8) is 0 Å². The molecule has 128 valence electrons. The largest absolute Gasteiger partial charge is 0.467 e. The van der Waals surface area contributed by atoms with E-state index in [1.165, 1.54) is 7.11 Å². The predicted octanol–water partition coefficient (Wildman–Crippen LogP) is -1.85. The fourth-order valence-electron chi connectivity index (χ4n) is 1.81. The van der Waals surface area contributed by atoms with Gasteiger partial charge in [0.25, 0.3) is 0 Å². The topological polar surface area (TPSA) is 172 Å². The Morgan fingerprint density at radius 1 is 1.18 bits per heavy atom.